The van der Waals surface area contributed by atoms with Crippen LogP contribution in [0.5, 0.6) is 0 Å². The first-order chi connectivity index (χ1) is 19.1. The highest BCUT2D eigenvalue weighted by Crippen LogP contribution is 2.26. The number of rotatable bonds is 12. The lowest BCUT2D eigenvalue weighted by Crippen LogP contribution is -2.42. The van der Waals surface area contributed by atoms with Crippen molar-refractivity contribution in [3.8, 4) is 0 Å². The van der Waals surface area contributed by atoms with Crippen LogP contribution >= 0.6 is 11.6 Å². The lowest BCUT2D eigenvalue weighted by Gasteiger charge is -2.24. The van der Waals surface area contributed by atoms with E-state index in [0.717, 1.165) is 27.7 Å². The molecule has 0 saturated heterocycles. The van der Waals surface area contributed by atoms with E-state index >= 15 is 0 Å². The number of anilines is 1. The van der Waals surface area contributed by atoms with Crippen molar-refractivity contribution in [1.29, 1.82) is 0 Å². The summed E-state index contributed by atoms with van der Waals surface area (Å²) in [4.78, 5) is 17.6. The number of carbonyl (C=O) groups excluding carboxylic acids is 1. The first kappa shape index (κ1) is 29.5. The van der Waals surface area contributed by atoms with E-state index in [-0.39, 0.29) is 23.9 Å². The molecule has 0 atom stereocenters. The number of nitrogens with one attached hydrogen (secondary N) is 2. The number of hydrogen-bond acceptors (Lipinski definition) is 5. The number of benzene rings is 3. The number of aromatic nitrogens is 1. The fourth-order valence-electron chi connectivity index (χ4n) is 4.92. The Hall–Kier alpha value is -3.46. The highest BCUT2D eigenvalue weighted by atomic mass is 35.5. The van der Waals surface area contributed by atoms with Crippen LogP contribution in [0, 0.1) is 20.8 Å². The van der Waals surface area contributed by atoms with Gasteiger partial charge in [-0.3, -0.25) is 9.78 Å². The number of pyridine rings is 1. The zero-order chi connectivity index (χ0) is 28.7. The predicted octanol–water partition coefficient (Wildman–Crippen LogP) is 5.67. The molecule has 0 aliphatic carbocycles. The van der Waals surface area contributed by atoms with E-state index in [2.05, 4.69) is 15.6 Å². The summed E-state index contributed by atoms with van der Waals surface area (Å²) in [6.07, 6.45) is 2.90. The monoisotopic (exact) mass is 578 g/mol. The Labute approximate surface area is 241 Å². The van der Waals surface area contributed by atoms with Gasteiger partial charge in [-0.2, -0.15) is 4.31 Å². The fourth-order valence-corrected chi connectivity index (χ4v) is 6.89. The molecule has 4 rings (SSSR count). The van der Waals surface area contributed by atoms with Crippen molar-refractivity contribution in [2.75, 3.05) is 31.5 Å². The Bertz CT molecular complexity index is 1570. The average molecular weight is 579 g/mol. The minimum absolute atomic E-state index is 0.202. The quantitative estimate of drug-likeness (QED) is 0.212. The number of halogens is 1. The summed E-state index contributed by atoms with van der Waals surface area (Å²) in [5.74, 6) is -0.331. The van der Waals surface area contributed by atoms with Crippen molar-refractivity contribution in [3.63, 3.8) is 0 Å². The van der Waals surface area contributed by atoms with Crippen molar-refractivity contribution in [1.82, 2.24) is 14.6 Å². The van der Waals surface area contributed by atoms with E-state index in [1.54, 1.807) is 20.0 Å². The van der Waals surface area contributed by atoms with Gasteiger partial charge in [-0.15, -0.1) is 0 Å². The second-order valence-corrected chi connectivity index (χ2v) is 12.3. The zero-order valence-electron chi connectivity index (χ0n) is 23.1. The SMILES string of the molecule is Cc1cc(C)c(S(=O)(=O)N(CCc2ccccc2)CC(=O)NCCCNc2ccnc3cc(Cl)ccc23)c(C)c1. The highest BCUT2D eigenvalue weighted by molar-refractivity contribution is 7.89. The van der Waals surface area contributed by atoms with Gasteiger partial charge in [0.15, 0.2) is 0 Å². The molecule has 7 nitrogen and oxygen atoms in total. The minimum Gasteiger partial charge on any atom is -0.384 e. The molecule has 1 heterocycles. The Kier molecular flexibility index (Phi) is 9.79. The van der Waals surface area contributed by atoms with Gasteiger partial charge in [-0.05, 0) is 74.6 Å². The molecule has 0 spiro atoms. The predicted molar refractivity (Wildman–Crippen MR) is 162 cm³/mol. The lowest BCUT2D eigenvalue weighted by molar-refractivity contribution is -0.121. The Morgan fingerprint density at radius 3 is 2.40 bits per heavy atom. The largest absolute Gasteiger partial charge is 0.384 e. The molecule has 0 unspecified atom stereocenters. The van der Waals surface area contributed by atoms with E-state index < -0.39 is 10.0 Å². The molecule has 9 heteroatoms. The van der Waals surface area contributed by atoms with Gasteiger partial charge in [0.05, 0.1) is 17.0 Å². The third-order valence-electron chi connectivity index (χ3n) is 6.71. The summed E-state index contributed by atoms with van der Waals surface area (Å²) >= 11 is 6.08. The summed E-state index contributed by atoms with van der Waals surface area (Å²) in [6.45, 7) is 6.54. The molecule has 0 bridgehead atoms. The molecule has 0 radical (unpaired) electrons. The molecule has 40 heavy (non-hydrogen) atoms. The molecule has 4 aromatic rings. The number of nitrogens with zero attached hydrogens (tertiary/aromatic N) is 2. The number of sulfonamides is 1. The van der Waals surface area contributed by atoms with Gasteiger partial charge in [0, 0.05) is 41.9 Å². The van der Waals surface area contributed by atoms with Gasteiger partial charge in [0.2, 0.25) is 15.9 Å². The second-order valence-electron chi connectivity index (χ2n) is 9.95. The van der Waals surface area contributed by atoms with Gasteiger partial charge in [0.25, 0.3) is 0 Å². The third kappa shape index (κ3) is 7.38. The number of amides is 1. The van der Waals surface area contributed by atoms with Gasteiger partial charge in [-0.25, -0.2) is 8.42 Å². The number of fused-ring (bicyclic) bond motifs is 1. The van der Waals surface area contributed by atoms with Crippen LogP contribution in [0.2, 0.25) is 5.02 Å². The average Bonchev–Trinajstić information content (AvgIpc) is 2.90. The first-order valence-corrected chi connectivity index (χ1v) is 15.1. The van der Waals surface area contributed by atoms with Crippen LogP contribution in [-0.4, -0.2) is 49.8 Å². The van der Waals surface area contributed by atoms with Crippen molar-refractivity contribution < 1.29 is 13.2 Å². The zero-order valence-corrected chi connectivity index (χ0v) is 24.6. The van der Waals surface area contributed by atoms with Gasteiger partial charge in [-0.1, -0.05) is 59.6 Å². The Morgan fingerprint density at radius 2 is 1.68 bits per heavy atom. The van der Waals surface area contributed by atoms with E-state index in [1.807, 2.05) is 73.7 Å². The summed E-state index contributed by atoms with van der Waals surface area (Å²) in [5.41, 5.74) is 5.12. The molecular weight excluding hydrogens is 544 g/mol. The molecule has 1 aromatic heterocycles. The third-order valence-corrected chi connectivity index (χ3v) is 9.10. The number of aryl methyl sites for hydroxylation is 3. The van der Waals surface area contributed by atoms with Crippen LogP contribution in [0.25, 0.3) is 10.9 Å². The Balaban J connectivity index is 1.39. The standard InChI is InChI=1S/C31H35ClN4O3S/c1-22-18-23(2)31(24(3)19-22)40(38,39)36(17-13-25-8-5-4-6-9-25)21-30(37)35-15-7-14-33-28-12-16-34-29-20-26(32)10-11-27(28)29/h4-6,8-12,16,18-20H,7,13-15,17,21H2,1-3H3,(H,33,34)(H,35,37). The van der Waals surface area contributed by atoms with Crippen molar-refractivity contribution in [2.24, 2.45) is 0 Å². The molecule has 1 amide bonds. The van der Waals surface area contributed by atoms with Crippen LogP contribution < -0.4 is 10.6 Å². The van der Waals surface area contributed by atoms with E-state index in [9.17, 15) is 13.2 Å². The van der Waals surface area contributed by atoms with Crippen LogP contribution in [-0.2, 0) is 21.2 Å². The highest BCUT2D eigenvalue weighted by Gasteiger charge is 2.29. The first-order valence-electron chi connectivity index (χ1n) is 13.3. The molecule has 3 aromatic carbocycles. The topological polar surface area (TPSA) is 91.4 Å². The van der Waals surface area contributed by atoms with Crippen LogP contribution in [0.3, 0.4) is 0 Å². The summed E-state index contributed by atoms with van der Waals surface area (Å²) in [5, 5.41) is 7.87. The number of carbonyl (C=O) groups is 1. The normalized spacial score (nSPS) is 11.6. The maximum absolute atomic E-state index is 13.8. The van der Waals surface area contributed by atoms with Gasteiger partial charge >= 0.3 is 0 Å². The molecular formula is C31H35ClN4O3S. The minimum atomic E-state index is -3.89. The van der Waals surface area contributed by atoms with Crippen molar-refractivity contribution in [3.05, 3.63) is 100 Å². The maximum Gasteiger partial charge on any atom is 0.244 e. The second kappa shape index (κ2) is 13.3. The van der Waals surface area contributed by atoms with E-state index in [0.29, 0.717) is 42.1 Å². The maximum atomic E-state index is 13.8. The molecule has 0 aliphatic rings. The fraction of sp³-hybridized carbons (Fsp3) is 0.290. The van der Waals surface area contributed by atoms with Gasteiger partial charge in [0.1, 0.15) is 0 Å². The van der Waals surface area contributed by atoms with E-state index in [4.69, 9.17) is 11.6 Å². The summed E-state index contributed by atoms with van der Waals surface area (Å²) in [6, 6.07) is 20.9. The molecule has 2 N–H and O–H groups in total. The van der Waals surface area contributed by atoms with Crippen molar-refractivity contribution >= 4 is 44.1 Å². The lowest BCUT2D eigenvalue weighted by atomic mass is 10.1. The summed E-state index contributed by atoms with van der Waals surface area (Å²) < 4.78 is 28.9. The number of hydrogen-bond donors (Lipinski definition) is 2. The van der Waals surface area contributed by atoms with Crippen LogP contribution in [0.1, 0.15) is 28.7 Å². The van der Waals surface area contributed by atoms with Crippen molar-refractivity contribution in [2.45, 2.75) is 38.5 Å². The molecule has 0 saturated carbocycles. The van der Waals surface area contributed by atoms with Crippen LogP contribution in [0.4, 0.5) is 5.69 Å². The van der Waals surface area contributed by atoms with Crippen LogP contribution in [0.15, 0.2) is 77.8 Å². The smallest absolute Gasteiger partial charge is 0.244 e. The van der Waals surface area contributed by atoms with E-state index in [1.165, 1.54) is 4.31 Å². The Morgan fingerprint density at radius 1 is 0.950 bits per heavy atom. The molecule has 210 valence electrons. The van der Waals surface area contributed by atoms with Gasteiger partial charge < -0.3 is 10.6 Å². The molecule has 0 aliphatic heterocycles. The summed E-state index contributed by atoms with van der Waals surface area (Å²) in [7, 11) is -3.89. The molecule has 0 fully saturated rings.